The van der Waals surface area contributed by atoms with Gasteiger partial charge in [0, 0.05) is 52.5 Å². The zero-order valence-electron chi connectivity index (χ0n) is 38.8. The molecule has 6 aromatic rings. The molecule has 0 aliphatic carbocycles. The van der Waals surface area contributed by atoms with Crippen molar-refractivity contribution < 1.29 is 56.6 Å². The largest absolute Gasteiger partial charge is 0.493 e. The molecule has 2 amide bonds. The molecule has 3 aromatic heterocycles. The molecule has 0 atom stereocenters. The van der Waals surface area contributed by atoms with E-state index in [2.05, 4.69) is 10.6 Å². The molecule has 0 radical (unpaired) electrons. The van der Waals surface area contributed by atoms with Crippen molar-refractivity contribution in [1.29, 1.82) is 0 Å². The molecule has 4 N–H and O–H groups in total. The van der Waals surface area contributed by atoms with E-state index in [9.17, 15) is 14.4 Å². The van der Waals surface area contributed by atoms with Crippen LogP contribution >= 0.6 is 0 Å². The Morgan fingerprint density at radius 2 is 1.22 bits per heavy atom. The Morgan fingerprint density at radius 3 is 1.82 bits per heavy atom. The van der Waals surface area contributed by atoms with Crippen LogP contribution in [-0.4, -0.2) is 95.7 Å². The lowest BCUT2D eigenvalue weighted by atomic mass is 9.97. The van der Waals surface area contributed by atoms with Crippen molar-refractivity contribution in [1.82, 2.24) is 15.0 Å². The molecule has 0 spiro atoms. The van der Waals surface area contributed by atoms with Gasteiger partial charge < -0.3 is 67.8 Å². The van der Waals surface area contributed by atoms with E-state index in [1.807, 2.05) is 24.3 Å². The Kier molecular flexibility index (Phi) is 15.0. The number of hydrogen-bond acceptors (Lipinski definition) is 14. The van der Waals surface area contributed by atoms with Crippen molar-refractivity contribution in [2.75, 3.05) is 67.9 Å². The number of nitrogens with zero attached hydrogens (tertiary/aromatic N) is 1. The number of methoxy groups -OCH3 is 4. The fourth-order valence-corrected chi connectivity index (χ4v) is 7.34. The van der Waals surface area contributed by atoms with Gasteiger partial charge in [0.05, 0.1) is 53.8 Å². The number of amides is 2. The number of pyridine rings is 1. The molecule has 0 unspecified atom stereocenters. The van der Waals surface area contributed by atoms with Crippen LogP contribution in [0.4, 0.5) is 9.59 Å². The van der Waals surface area contributed by atoms with Crippen molar-refractivity contribution in [2.24, 2.45) is 5.73 Å². The highest BCUT2D eigenvalue weighted by atomic mass is 16.6. The second-order valence-corrected chi connectivity index (χ2v) is 17.0. The number of nitrogens with two attached hydrogens (primary N) is 1. The maximum absolute atomic E-state index is 14.3. The topological polar surface area (TPSA) is 202 Å². The van der Waals surface area contributed by atoms with Crippen molar-refractivity contribution in [3.63, 3.8) is 0 Å². The Balaban J connectivity index is 1.51. The molecule has 0 fully saturated rings. The molecule has 0 aliphatic rings. The molecule has 3 heterocycles. The normalized spacial score (nSPS) is 11.7. The summed E-state index contributed by atoms with van der Waals surface area (Å²) in [6.07, 6.45) is 2.32. The second-order valence-electron chi connectivity index (χ2n) is 17.0. The molecule has 0 saturated carbocycles. The van der Waals surface area contributed by atoms with Crippen LogP contribution in [0.15, 0.2) is 57.9 Å². The molecule has 17 nitrogen and oxygen atoms in total. The Bertz CT molecular complexity index is 2730. The van der Waals surface area contributed by atoms with Crippen molar-refractivity contribution in [3.05, 3.63) is 59.1 Å². The molecular weight excluding hydrogens is 841 g/mol. The first kappa shape index (κ1) is 47.7. The van der Waals surface area contributed by atoms with E-state index in [4.69, 9.17) is 52.8 Å². The number of alkyl carbamates (subject to hydrolysis) is 2. The van der Waals surface area contributed by atoms with Gasteiger partial charge in [-0.25, -0.2) is 14.4 Å². The lowest BCUT2D eigenvalue weighted by Crippen LogP contribution is -2.33. The maximum atomic E-state index is 14.3. The summed E-state index contributed by atoms with van der Waals surface area (Å²) in [5, 5.41) is 7.99. The molecule has 0 bridgehead atoms. The summed E-state index contributed by atoms with van der Waals surface area (Å²) in [4.78, 5) is 38.8. The van der Waals surface area contributed by atoms with E-state index < -0.39 is 29.0 Å². The average molecular weight is 901 g/mol. The van der Waals surface area contributed by atoms with Crippen LogP contribution in [0.2, 0.25) is 0 Å². The minimum absolute atomic E-state index is 0.203. The summed E-state index contributed by atoms with van der Waals surface area (Å²) < 4.78 is 60.7. The van der Waals surface area contributed by atoms with Crippen molar-refractivity contribution in [2.45, 2.75) is 72.0 Å². The monoisotopic (exact) mass is 900 g/mol. The Morgan fingerprint density at radius 1 is 0.631 bits per heavy atom. The quantitative estimate of drug-likeness (QED) is 0.0517. The standard InChI is InChI=1S/C48H60N4O13/c1-47(2,3)64-45(54)50-18-12-22-60-32-15-14-28(24-34(32)56-7)38-39-31-26-35(57-8)36(61-21-11-17-49)27-33(31)63-44(53)41(39)52-20-16-29-30(40(38)52)25-37(58-9)43(59-10)42(29)62-23-13-19-51-46(55)65-48(4,5)6/h14-16,20,24-27H,11-13,17-19,21-23,49H2,1-10H3,(H,50,54)(H,51,55). The van der Waals surface area contributed by atoms with Crippen LogP contribution in [0.1, 0.15) is 60.8 Å². The molecule has 0 saturated heterocycles. The first-order valence-electron chi connectivity index (χ1n) is 21.4. The molecule has 6 rings (SSSR count). The van der Waals surface area contributed by atoms with E-state index in [1.165, 1.54) is 14.2 Å². The van der Waals surface area contributed by atoms with E-state index in [-0.39, 0.29) is 24.3 Å². The number of carbonyl (C=O) groups excluding carboxylic acids is 2. The highest BCUT2D eigenvalue weighted by molar-refractivity contribution is 6.22. The molecular formula is C48H60N4O13. The van der Waals surface area contributed by atoms with Crippen LogP contribution in [-0.2, 0) is 9.47 Å². The van der Waals surface area contributed by atoms with Gasteiger partial charge in [-0.1, -0.05) is 6.07 Å². The predicted molar refractivity (Wildman–Crippen MR) is 248 cm³/mol. The van der Waals surface area contributed by atoms with Gasteiger partial charge in [-0.3, -0.25) is 0 Å². The third-order valence-electron chi connectivity index (χ3n) is 9.99. The van der Waals surface area contributed by atoms with Gasteiger partial charge in [0.2, 0.25) is 5.75 Å². The van der Waals surface area contributed by atoms with Gasteiger partial charge in [-0.15, -0.1) is 0 Å². The fraction of sp³-hybridized carbons (Fsp3) is 0.438. The number of fused-ring (bicyclic) bond motifs is 7. The summed E-state index contributed by atoms with van der Waals surface area (Å²) in [7, 11) is 6.16. The number of nitrogens with one attached hydrogen (secondary N) is 2. The number of benzene rings is 3. The second kappa shape index (κ2) is 20.4. The van der Waals surface area contributed by atoms with E-state index in [1.54, 1.807) is 84.6 Å². The SMILES string of the molecule is COc1cc2c(cc1OCCCN)oc(=O)c1c2c(-c2ccc(OCCCNC(=O)OC(C)(C)C)c(OC)c2)c2c3cc(OC)c(OC)c(OCCCNC(=O)OC(C)(C)C)c3ccn21. The zero-order valence-corrected chi connectivity index (χ0v) is 38.8. The van der Waals surface area contributed by atoms with Gasteiger partial charge in [-0.05, 0) is 103 Å². The third kappa shape index (κ3) is 11.0. The number of aromatic nitrogens is 1. The number of hydrogen-bond donors (Lipinski definition) is 3. The number of rotatable bonds is 19. The van der Waals surface area contributed by atoms with Crippen LogP contribution in [0.5, 0.6) is 40.2 Å². The predicted octanol–water partition coefficient (Wildman–Crippen LogP) is 8.37. The zero-order chi connectivity index (χ0) is 47.1. The first-order chi connectivity index (χ1) is 31.0. The van der Waals surface area contributed by atoms with Crippen molar-refractivity contribution in [3.8, 4) is 51.4 Å². The molecule has 17 heteroatoms. The molecule has 0 aliphatic heterocycles. The lowest BCUT2D eigenvalue weighted by Gasteiger charge is -2.20. The van der Waals surface area contributed by atoms with Gasteiger partial charge in [-0.2, -0.15) is 0 Å². The van der Waals surface area contributed by atoms with Crippen LogP contribution in [0.25, 0.3) is 49.3 Å². The smallest absolute Gasteiger partial charge is 0.407 e. The third-order valence-corrected chi connectivity index (χ3v) is 9.99. The van der Waals surface area contributed by atoms with Gasteiger partial charge >= 0.3 is 17.8 Å². The summed E-state index contributed by atoms with van der Waals surface area (Å²) in [6.45, 7) is 12.7. The van der Waals surface area contributed by atoms with E-state index in [0.29, 0.717) is 124 Å². The lowest BCUT2D eigenvalue weighted by molar-refractivity contribution is 0.0513. The van der Waals surface area contributed by atoms with Crippen LogP contribution < -0.4 is 55.2 Å². The molecule has 65 heavy (non-hydrogen) atoms. The molecule has 3 aromatic carbocycles. The first-order valence-corrected chi connectivity index (χ1v) is 21.4. The minimum Gasteiger partial charge on any atom is -0.493 e. The van der Waals surface area contributed by atoms with E-state index in [0.717, 1.165) is 0 Å². The van der Waals surface area contributed by atoms with Gasteiger partial charge in [0.25, 0.3) is 0 Å². The average Bonchev–Trinajstić information content (AvgIpc) is 3.61. The summed E-state index contributed by atoms with van der Waals surface area (Å²) in [6, 6.07) is 12.7. The minimum atomic E-state index is -0.632. The van der Waals surface area contributed by atoms with Gasteiger partial charge in [0.1, 0.15) is 22.3 Å². The fourth-order valence-electron chi connectivity index (χ4n) is 7.34. The Hall–Kier alpha value is -6.75. The highest BCUT2D eigenvalue weighted by Crippen LogP contribution is 2.49. The van der Waals surface area contributed by atoms with Gasteiger partial charge in [0.15, 0.2) is 34.5 Å². The number of ether oxygens (including phenoxy) is 9. The highest BCUT2D eigenvalue weighted by Gasteiger charge is 2.27. The van der Waals surface area contributed by atoms with E-state index >= 15 is 0 Å². The van der Waals surface area contributed by atoms with Crippen molar-refractivity contribution >= 4 is 50.3 Å². The van der Waals surface area contributed by atoms with Crippen LogP contribution in [0, 0.1) is 0 Å². The summed E-state index contributed by atoms with van der Waals surface area (Å²) in [5.74, 6) is 2.88. The molecule has 350 valence electrons. The Labute approximate surface area is 377 Å². The summed E-state index contributed by atoms with van der Waals surface area (Å²) >= 11 is 0. The maximum Gasteiger partial charge on any atom is 0.407 e. The summed E-state index contributed by atoms with van der Waals surface area (Å²) in [5.41, 5.74) is 6.42. The van der Waals surface area contributed by atoms with Crippen LogP contribution in [0.3, 0.4) is 0 Å². The number of carbonyl (C=O) groups is 2.